The first kappa shape index (κ1) is 13.1. The van der Waals surface area contributed by atoms with Crippen molar-refractivity contribution in [3.63, 3.8) is 0 Å². The van der Waals surface area contributed by atoms with Crippen LogP contribution in [-0.2, 0) is 4.43 Å². The molecule has 0 aliphatic rings. The lowest BCUT2D eigenvalue weighted by atomic mass is 10.2. The van der Waals surface area contributed by atoms with Crippen LogP contribution in [0.15, 0.2) is 0 Å². The Kier molecular flexibility index (Phi) is 5.79. The van der Waals surface area contributed by atoms with Crippen molar-refractivity contribution >= 4 is 8.32 Å². The van der Waals surface area contributed by atoms with Crippen molar-refractivity contribution in [1.29, 1.82) is 0 Å². The standard InChI is InChI=1S/C9H24N2OSi/c1-8(2)9(11-7-6-10)13(4,5)12-3/h8-9,11H,6-7,10H2,1-5H3. The van der Waals surface area contributed by atoms with Crippen molar-refractivity contribution in [3.05, 3.63) is 0 Å². The Bertz CT molecular complexity index is 140. The van der Waals surface area contributed by atoms with Gasteiger partial charge in [-0.2, -0.15) is 0 Å². The maximum absolute atomic E-state index is 5.59. The molecule has 13 heavy (non-hydrogen) atoms. The van der Waals surface area contributed by atoms with Gasteiger partial charge in [0, 0.05) is 25.9 Å². The first-order valence-corrected chi connectivity index (χ1v) is 7.93. The van der Waals surface area contributed by atoms with E-state index in [2.05, 4.69) is 32.3 Å². The second-order valence-corrected chi connectivity index (χ2v) is 8.51. The molecule has 0 radical (unpaired) electrons. The molecule has 0 aromatic heterocycles. The molecule has 0 aromatic carbocycles. The molecular weight excluding hydrogens is 180 g/mol. The van der Waals surface area contributed by atoms with E-state index in [1.807, 2.05) is 7.11 Å². The van der Waals surface area contributed by atoms with Gasteiger partial charge < -0.3 is 15.5 Å². The summed E-state index contributed by atoms with van der Waals surface area (Å²) < 4.78 is 5.59. The summed E-state index contributed by atoms with van der Waals surface area (Å²) in [5.74, 6) is 0.605. The molecular formula is C9H24N2OSi. The summed E-state index contributed by atoms with van der Waals surface area (Å²) in [6.45, 7) is 10.5. The highest BCUT2D eigenvalue weighted by atomic mass is 28.4. The van der Waals surface area contributed by atoms with E-state index in [0.717, 1.165) is 6.54 Å². The van der Waals surface area contributed by atoms with Crippen LogP contribution in [-0.4, -0.2) is 34.2 Å². The van der Waals surface area contributed by atoms with Gasteiger partial charge in [-0.05, 0) is 19.0 Å². The number of nitrogens with two attached hydrogens (primary N) is 1. The van der Waals surface area contributed by atoms with Gasteiger partial charge in [-0.15, -0.1) is 0 Å². The third kappa shape index (κ3) is 4.22. The van der Waals surface area contributed by atoms with Crippen molar-refractivity contribution in [1.82, 2.24) is 5.32 Å². The lowest BCUT2D eigenvalue weighted by Gasteiger charge is -2.34. The molecule has 0 fully saturated rings. The van der Waals surface area contributed by atoms with Crippen LogP contribution in [0.5, 0.6) is 0 Å². The molecule has 80 valence electrons. The summed E-state index contributed by atoms with van der Waals surface area (Å²) in [7, 11) is 0.238. The van der Waals surface area contributed by atoms with Crippen molar-refractivity contribution in [2.45, 2.75) is 32.6 Å². The molecule has 3 N–H and O–H groups in total. The molecule has 0 amide bonds. The lowest BCUT2D eigenvalue weighted by Crippen LogP contribution is -2.56. The summed E-state index contributed by atoms with van der Waals surface area (Å²) in [4.78, 5) is 0. The quantitative estimate of drug-likeness (QED) is 0.633. The zero-order chi connectivity index (χ0) is 10.5. The summed E-state index contributed by atoms with van der Waals surface area (Å²) >= 11 is 0. The highest BCUT2D eigenvalue weighted by Gasteiger charge is 2.34. The second-order valence-electron chi connectivity index (χ2n) is 4.27. The topological polar surface area (TPSA) is 47.3 Å². The zero-order valence-corrected chi connectivity index (χ0v) is 10.6. The summed E-state index contributed by atoms with van der Waals surface area (Å²) in [5.41, 5.74) is 5.96. The number of rotatable bonds is 6. The Morgan fingerprint density at radius 3 is 2.23 bits per heavy atom. The predicted octanol–water partition coefficient (Wildman–Crippen LogP) is 0.950. The van der Waals surface area contributed by atoms with Gasteiger partial charge in [0.05, 0.1) is 0 Å². The minimum Gasteiger partial charge on any atom is -0.419 e. The van der Waals surface area contributed by atoms with Gasteiger partial charge in [0.15, 0.2) is 0 Å². The highest BCUT2D eigenvalue weighted by molar-refractivity contribution is 6.72. The molecule has 0 saturated heterocycles. The van der Waals surface area contributed by atoms with Crippen LogP contribution in [0.1, 0.15) is 13.8 Å². The maximum Gasteiger partial charge on any atom is 0.202 e. The molecule has 0 saturated carbocycles. The van der Waals surface area contributed by atoms with E-state index in [1.54, 1.807) is 0 Å². The van der Waals surface area contributed by atoms with E-state index in [4.69, 9.17) is 10.2 Å². The Morgan fingerprint density at radius 2 is 1.92 bits per heavy atom. The largest absolute Gasteiger partial charge is 0.419 e. The fourth-order valence-corrected chi connectivity index (χ4v) is 4.15. The van der Waals surface area contributed by atoms with Gasteiger partial charge in [-0.1, -0.05) is 13.8 Å². The molecule has 3 nitrogen and oxygen atoms in total. The molecule has 0 rings (SSSR count). The molecule has 1 unspecified atom stereocenters. The third-order valence-corrected chi connectivity index (χ3v) is 5.87. The Morgan fingerprint density at radius 1 is 1.38 bits per heavy atom. The Balaban J connectivity index is 4.23. The first-order chi connectivity index (χ1) is 5.95. The van der Waals surface area contributed by atoms with Gasteiger partial charge >= 0.3 is 0 Å². The SMILES string of the molecule is CO[Si](C)(C)C(NCCN)C(C)C. The van der Waals surface area contributed by atoms with Crippen LogP contribution in [0.4, 0.5) is 0 Å². The fourth-order valence-electron chi connectivity index (χ4n) is 1.65. The number of nitrogens with one attached hydrogen (secondary N) is 1. The van der Waals surface area contributed by atoms with Gasteiger partial charge in [-0.25, -0.2) is 0 Å². The van der Waals surface area contributed by atoms with E-state index >= 15 is 0 Å². The van der Waals surface area contributed by atoms with E-state index in [9.17, 15) is 0 Å². The molecule has 4 heteroatoms. The molecule has 1 atom stereocenters. The Labute approximate surface area is 83.2 Å². The average Bonchev–Trinajstić information content (AvgIpc) is 2.04. The minimum atomic E-state index is -1.57. The number of hydrogen-bond donors (Lipinski definition) is 2. The fraction of sp³-hybridized carbons (Fsp3) is 1.00. The summed E-state index contributed by atoms with van der Waals surface area (Å²) in [6, 6.07) is 0. The summed E-state index contributed by atoms with van der Waals surface area (Å²) in [5, 5.41) is 3.47. The zero-order valence-electron chi connectivity index (χ0n) is 9.55. The van der Waals surface area contributed by atoms with Gasteiger partial charge in [0.25, 0.3) is 0 Å². The minimum absolute atomic E-state index is 0.487. The smallest absolute Gasteiger partial charge is 0.202 e. The van der Waals surface area contributed by atoms with Gasteiger partial charge in [-0.3, -0.25) is 0 Å². The van der Waals surface area contributed by atoms with Gasteiger partial charge in [0.2, 0.25) is 8.32 Å². The van der Waals surface area contributed by atoms with Crippen molar-refractivity contribution < 1.29 is 4.43 Å². The van der Waals surface area contributed by atoms with E-state index in [0.29, 0.717) is 18.1 Å². The molecule has 0 heterocycles. The monoisotopic (exact) mass is 204 g/mol. The normalized spacial score (nSPS) is 15.0. The van der Waals surface area contributed by atoms with E-state index < -0.39 is 8.32 Å². The Hall–Kier alpha value is 0.0969. The first-order valence-electron chi connectivity index (χ1n) is 4.94. The maximum atomic E-state index is 5.59. The van der Waals surface area contributed by atoms with Crippen LogP contribution >= 0.6 is 0 Å². The highest BCUT2D eigenvalue weighted by Crippen LogP contribution is 2.16. The average molecular weight is 204 g/mol. The van der Waals surface area contributed by atoms with Crippen LogP contribution in [0.2, 0.25) is 13.1 Å². The van der Waals surface area contributed by atoms with Crippen molar-refractivity contribution in [3.8, 4) is 0 Å². The lowest BCUT2D eigenvalue weighted by molar-refractivity contribution is 0.354. The second kappa shape index (κ2) is 5.75. The van der Waals surface area contributed by atoms with Crippen LogP contribution in [0.3, 0.4) is 0 Å². The molecule has 0 aliphatic carbocycles. The van der Waals surface area contributed by atoms with E-state index in [-0.39, 0.29) is 0 Å². The van der Waals surface area contributed by atoms with Crippen molar-refractivity contribution in [2.75, 3.05) is 20.2 Å². The van der Waals surface area contributed by atoms with Crippen LogP contribution < -0.4 is 11.1 Å². The molecule has 0 spiro atoms. The summed E-state index contributed by atoms with van der Waals surface area (Å²) in [6.07, 6.45) is 0. The van der Waals surface area contributed by atoms with Gasteiger partial charge in [0.1, 0.15) is 0 Å². The molecule has 0 bridgehead atoms. The molecule has 0 aromatic rings. The van der Waals surface area contributed by atoms with Crippen molar-refractivity contribution in [2.24, 2.45) is 11.7 Å². The van der Waals surface area contributed by atoms with Crippen LogP contribution in [0.25, 0.3) is 0 Å². The van der Waals surface area contributed by atoms with Crippen LogP contribution in [0, 0.1) is 5.92 Å². The third-order valence-electron chi connectivity index (χ3n) is 2.45. The number of hydrogen-bond acceptors (Lipinski definition) is 3. The van der Waals surface area contributed by atoms with E-state index in [1.165, 1.54) is 0 Å². The predicted molar refractivity (Wildman–Crippen MR) is 60.2 cm³/mol. The molecule has 0 aliphatic heterocycles.